The SMILES string of the molecule is NCCc1cccc(Oc2ccc(F)cc2F)c1. The van der Waals surface area contributed by atoms with E-state index in [9.17, 15) is 8.78 Å². The average Bonchev–Trinajstić information content (AvgIpc) is 2.34. The van der Waals surface area contributed by atoms with Gasteiger partial charge in [0.1, 0.15) is 11.6 Å². The summed E-state index contributed by atoms with van der Waals surface area (Å²) < 4.78 is 31.5. The summed E-state index contributed by atoms with van der Waals surface area (Å²) in [6.45, 7) is 0.536. The largest absolute Gasteiger partial charge is 0.454 e. The summed E-state index contributed by atoms with van der Waals surface area (Å²) in [6, 6.07) is 10.4. The second-order valence-electron chi connectivity index (χ2n) is 3.86. The fourth-order valence-corrected chi connectivity index (χ4v) is 1.62. The quantitative estimate of drug-likeness (QED) is 0.902. The third kappa shape index (κ3) is 3.05. The maximum Gasteiger partial charge on any atom is 0.168 e. The predicted octanol–water partition coefficient (Wildman–Crippen LogP) is 3.26. The lowest BCUT2D eigenvalue weighted by Gasteiger charge is -2.08. The fourth-order valence-electron chi connectivity index (χ4n) is 1.62. The van der Waals surface area contributed by atoms with Crippen LogP contribution in [0.15, 0.2) is 42.5 Å². The van der Waals surface area contributed by atoms with Gasteiger partial charge < -0.3 is 10.5 Å². The van der Waals surface area contributed by atoms with Crippen molar-refractivity contribution in [3.8, 4) is 11.5 Å². The summed E-state index contributed by atoms with van der Waals surface area (Å²) in [7, 11) is 0. The molecule has 0 bridgehead atoms. The summed E-state index contributed by atoms with van der Waals surface area (Å²) in [5.41, 5.74) is 6.47. The Labute approximate surface area is 104 Å². The van der Waals surface area contributed by atoms with Crippen LogP contribution in [-0.2, 0) is 6.42 Å². The van der Waals surface area contributed by atoms with Gasteiger partial charge in [-0.2, -0.15) is 0 Å². The smallest absolute Gasteiger partial charge is 0.168 e. The van der Waals surface area contributed by atoms with Crippen molar-refractivity contribution in [1.29, 1.82) is 0 Å². The van der Waals surface area contributed by atoms with Crippen molar-refractivity contribution in [1.82, 2.24) is 0 Å². The summed E-state index contributed by atoms with van der Waals surface area (Å²) in [4.78, 5) is 0. The number of benzene rings is 2. The van der Waals surface area contributed by atoms with E-state index in [0.29, 0.717) is 12.3 Å². The molecule has 0 heterocycles. The van der Waals surface area contributed by atoms with E-state index in [-0.39, 0.29) is 5.75 Å². The molecule has 0 amide bonds. The van der Waals surface area contributed by atoms with E-state index in [1.807, 2.05) is 12.1 Å². The first-order valence-corrected chi connectivity index (χ1v) is 5.61. The molecule has 0 atom stereocenters. The topological polar surface area (TPSA) is 35.2 Å². The van der Waals surface area contributed by atoms with Crippen molar-refractivity contribution < 1.29 is 13.5 Å². The Morgan fingerprint density at radius 3 is 2.61 bits per heavy atom. The van der Waals surface area contributed by atoms with Gasteiger partial charge in [-0.05, 0) is 42.8 Å². The molecule has 0 saturated heterocycles. The molecule has 2 rings (SSSR count). The highest BCUT2D eigenvalue weighted by atomic mass is 19.1. The van der Waals surface area contributed by atoms with Crippen molar-refractivity contribution in [2.24, 2.45) is 5.73 Å². The van der Waals surface area contributed by atoms with Gasteiger partial charge in [-0.1, -0.05) is 12.1 Å². The van der Waals surface area contributed by atoms with Crippen LogP contribution in [0, 0.1) is 11.6 Å². The van der Waals surface area contributed by atoms with Gasteiger partial charge >= 0.3 is 0 Å². The number of ether oxygens (including phenoxy) is 1. The van der Waals surface area contributed by atoms with Crippen molar-refractivity contribution >= 4 is 0 Å². The minimum absolute atomic E-state index is 0.00120. The highest BCUT2D eigenvalue weighted by Gasteiger charge is 2.06. The lowest BCUT2D eigenvalue weighted by atomic mass is 10.1. The van der Waals surface area contributed by atoms with Crippen molar-refractivity contribution in [2.75, 3.05) is 6.54 Å². The van der Waals surface area contributed by atoms with Crippen molar-refractivity contribution in [3.63, 3.8) is 0 Å². The van der Waals surface area contributed by atoms with Gasteiger partial charge in [-0.15, -0.1) is 0 Å². The third-order valence-corrected chi connectivity index (χ3v) is 2.45. The van der Waals surface area contributed by atoms with Crippen LogP contribution in [0.25, 0.3) is 0 Å². The number of rotatable bonds is 4. The molecule has 0 aliphatic rings. The maximum atomic E-state index is 13.4. The lowest BCUT2D eigenvalue weighted by Crippen LogP contribution is -2.02. The number of nitrogens with two attached hydrogens (primary N) is 1. The second kappa shape index (κ2) is 5.60. The zero-order chi connectivity index (χ0) is 13.0. The molecule has 0 aliphatic heterocycles. The van der Waals surface area contributed by atoms with E-state index < -0.39 is 11.6 Å². The van der Waals surface area contributed by atoms with E-state index in [4.69, 9.17) is 10.5 Å². The number of halogens is 2. The van der Waals surface area contributed by atoms with Crippen LogP contribution in [0.2, 0.25) is 0 Å². The van der Waals surface area contributed by atoms with Crippen LogP contribution in [0.4, 0.5) is 8.78 Å². The Balaban J connectivity index is 2.20. The van der Waals surface area contributed by atoms with Crippen LogP contribution < -0.4 is 10.5 Å². The molecule has 0 aromatic heterocycles. The molecule has 0 fully saturated rings. The van der Waals surface area contributed by atoms with E-state index >= 15 is 0 Å². The molecule has 2 N–H and O–H groups in total. The first-order chi connectivity index (χ1) is 8.69. The van der Waals surface area contributed by atoms with E-state index in [1.165, 1.54) is 6.07 Å². The molecule has 0 aliphatic carbocycles. The Hall–Kier alpha value is -1.94. The minimum atomic E-state index is -0.723. The fraction of sp³-hybridized carbons (Fsp3) is 0.143. The van der Waals surface area contributed by atoms with Gasteiger partial charge in [0.2, 0.25) is 0 Å². The average molecular weight is 249 g/mol. The molecule has 0 radical (unpaired) electrons. The van der Waals surface area contributed by atoms with Gasteiger partial charge in [0.15, 0.2) is 11.6 Å². The highest BCUT2D eigenvalue weighted by Crippen LogP contribution is 2.25. The predicted molar refractivity (Wildman–Crippen MR) is 65.6 cm³/mol. The molecular formula is C14H13F2NO. The van der Waals surface area contributed by atoms with E-state index in [0.717, 1.165) is 24.1 Å². The normalized spacial score (nSPS) is 10.4. The summed E-state index contributed by atoms with van der Waals surface area (Å²) >= 11 is 0. The number of hydrogen-bond acceptors (Lipinski definition) is 2. The van der Waals surface area contributed by atoms with Crippen molar-refractivity contribution in [2.45, 2.75) is 6.42 Å². The molecule has 2 aromatic carbocycles. The summed E-state index contributed by atoms with van der Waals surface area (Å²) in [6.07, 6.45) is 0.725. The van der Waals surface area contributed by atoms with Gasteiger partial charge in [0.25, 0.3) is 0 Å². The first kappa shape index (κ1) is 12.5. The Morgan fingerprint density at radius 2 is 1.89 bits per heavy atom. The van der Waals surface area contributed by atoms with Crippen LogP contribution in [0.5, 0.6) is 11.5 Å². The maximum absolute atomic E-state index is 13.4. The van der Waals surface area contributed by atoms with Gasteiger partial charge in [0.05, 0.1) is 0 Å². The van der Waals surface area contributed by atoms with Crippen LogP contribution >= 0.6 is 0 Å². The molecule has 0 unspecified atom stereocenters. The van der Waals surface area contributed by atoms with Crippen LogP contribution in [0.3, 0.4) is 0 Å². The van der Waals surface area contributed by atoms with Crippen molar-refractivity contribution in [3.05, 3.63) is 59.7 Å². The molecule has 4 heteroatoms. The summed E-state index contributed by atoms with van der Waals surface area (Å²) in [5, 5.41) is 0. The minimum Gasteiger partial charge on any atom is -0.454 e. The standard InChI is InChI=1S/C14H13F2NO/c15-11-4-5-14(13(16)9-11)18-12-3-1-2-10(8-12)6-7-17/h1-5,8-9H,6-7,17H2. The first-order valence-electron chi connectivity index (χ1n) is 5.61. The molecular weight excluding hydrogens is 236 g/mol. The third-order valence-electron chi connectivity index (χ3n) is 2.45. The Bertz CT molecular complexity index is 543. The van der Waals surface area contributed by atoms with Gasteiger partial charge in [0, 0.05) is 6.07 Å². The van der Waals surface area contributed by atoms with E-state index in [1.54, 1.807) is 12.1 Å². The molecule has 18 heavy (non-hydrogen) atoms. The lowest BCUT2D eigenvalue weighted by molar-refractivity contribution is 0.437. The molecule has 0 saturated carbocycles. The van der Waals surface area contributed by atoms with Crippen LogP contribution in [0.1, 0.15) is 5.56 Å². The van der Waals surface area contributed by atoms with Gasteiger partial charge in [-0.25, -0.2) is 8.78 Å². The second-order valence-corrected chi connectivity index (χ2v) is 3.86. The zero-order valence-electron chi connectivity index (χ0n) is 9.70. The Morgan fingerprint density at radius 1 is 1.06 bits per heavy atom. The molecule has 94 valence electrons. The molecule has 0 spiro atoms. The van der Waals surface area contributed by atoms with Gasteiger partial charge in [-0.3, -0.25) is 0 Å². The monoisotopic (exact) mass is 249 g/mol. The Kier molecular flexibility index (Phi) is 3.89. The number of hydrogen-bond donors (Lipinski definition) is 1. The molecule has 2 aromatic rings. The zero-order valence-corrected chi connectivity index (χ0v) is 9.70. The highest BCUT2D eigenvalue weighted by molar-refractivity contribution is 5.34. The summed E-state index contributed by atoms with van der Waals surface area (Å²) in [5.74, 6) is -0.844. The van der Waals surface area contributed by atoms with E-state index in [2.05, 4.69) is 0 Å². The molecule has 2 nitrogen and oxygen atoms in total. The van der Waals surface area contributed by atoms with Crippen LogP contribution in [-0.4, -0.2) is 6.54 Å².